The molecule has 27 heavy (non-hydrogen) atoms. The monoisotopic (exact) mass is 382 g/mol. The Bertz CT molecular complexity index is 913. The van der Waals surface area contributed by atoms with Crippen molar-refractivity contribution in [3.8, 4) is 0 Å². The number of nitrogens with zero attached hydrogens (tertiary/aromatic N) is 1. The number of carbonyl (C=O) groups excluding carboxylic acids is 1. The molecule has 2 N–H and O–H groups in total. The molecule has 0 unspecified atom stereocenters. The number of aryl methyl sites for hydroxylation is 1. The van der Waals surface area contributed by atoms with Gasteiger partial charge in [-0.3, -0.25) is 9.78 Å². The second kappa shape index (κ2) is 7.66. The Balaban J connectivity index is 1.76. The fraction of sp³-hybridized carbons (Fsp3) is 0.333. The first-order chi connectivity index (χ1) is 13.1. The highest BCUT2D eigenvalue weighted by Gasteiger charge is 2.35. The zero-order valence-corrected chi connectivity index (χ0v) is 16.4. The van der Waals surface area contributed by atoms with Crippen LogP contribution in [0.2, 0.25) is 0 Å². The Morgan fingerprint density at radius 2 is 2.04 bits per heavy atom. The third-order valence-electron chi connectivity index (χ3n) is 5.33. The molecule has 0 radical (unpaired) electrons. The molecule has 0 spiro atoms. The maximum absolute atomic E-state index is 12.6. The van der Waals surface area contributed by atoms with E-state index < -0.39 is 0 Å². The molecule has 1 aliphatic rings. The first kappa shape index (κ1) is 17.9. The van der Waals surface area contributed by atoms with Gasteiger partial charge < -0.3 is 14.6 Å². The molecule has 0 saturated carbocycles. The minimum atomic E-state index is -0.210. The van der Waals surface area contributed by atoms with Crippen LogP contribution in [-0.4, -0.2) is 24.0 Å². The standard InChI is InChI=1S/C21H23N3O2S/c1-14-15(2)27-21(23-20(25)17-9-7-13-26-17)18(14)19(24-11-5-6-12-24)16-8-3-4-10-22-16/h3-4,7-10,13,19H,5-6,11-12H2,1-2H3,(H,23,25)/p+1/t19-/m1/s1. The van der Waals surface area contributed by atoms with Gasteiger partial charge in [0, 0.05) is 23.9 Å². The van der Waals surface area contributed by atoms with Gasteiger partial charge in [-0.2, -0.15) is 0 Å². The van der Waals surface area contributed by atoms with Crippen LogP contribution in [0.25, 0.3) is 0 Å². The van der Waals surface area contributed by atoms with Gasteiger partial charge in [0.05, 0.1) is 24.9 Å². The van der Waals surface area contributed by atoms with Crippen molar-refractivity contribution in [2.75, 3.05) is 18.4 Å². The van der Waals surface area contributed by atoms with Crippen LogP contribution < -0.4 is 10.2 Å². The molecule has 0 bridgehead atoms. The van der Waals surface area contributed by atoms with Crippen molar-refractivity contribution in [1.29, 1.82) is 0 Å². The Morgan fingerprint density at radius 3 is 2.70 bits per heavy atom. The van der Waals surface area contributed by atoms with Crippen molar-refractivity contribution >= 4 is 22.2 Å². The molecule has 5 nitrogen and oxygen atoms in total. The van der Waals surface area contributed by atoms with Gasteiger partial charge >= 0.3 is 0 Å². The molecule has 3 aromatic heterocycles. The molecule has 1 saturated heterocycles. The highest BCUT2D eigenvalue weighted by atomic mass is 32.1. The molecule has 3 aromatic rings. The van der Waals surface area contributed by atoms with Gasteiger partial charge in [-0.25, -0.2) is 0 Å². The third kappa shape index (κ3) is 3.55. The number of thiophene rings is 1. The van der Waals surface area contributed by atoms with Crippen molar-refractivity contribution in [2.24, 2.45) is 0 Å². The summed E-state index contributed by atoms with van der Waals surface area (Å²) in [6, 6.07) is 9.63. The summed E-state index contributed by atoms with van der Waals surface area (Å²) < 4.78 is 5.26. The van der Waals surface area contributed by atoms with Gasteiger partial charge in [-0.1, -0.05) is 6.07 Å². The number of amides is 1. The van der Waals surface area contributed by atoms with E-state index in [9.17, 15) is 4.79 Å². The first-order valence-electron chi connectivity index (χ1n) is 9.35. The largest absolute Gasteiger partial charge is 0.459 e. The summed E-state index contributed by atoms with van der Waals surface area (Å²) in [7, 11) is 0. The summed E-state index contributed by atoms with van der Waals surface area (Å²) in [5.41, 5.74) is 3.49. The molecule has 1 amide bonds. The van der Waals surface area contributed by atoms with Crippen molar-refractivity contribution in [2.45, 2.75) is 32.7 Å². The Morgan fingerprint density at radius 1 is 1.22 bits per heavy atom. The highest BCUT2D eigenvalue weighted by Crippen LogP contribution is 2.38. The fourth-order valence-electron chi connectivity index (χ4n) is 3.88. The van der Waals surface area contributed by atoms with Gasteiger partial charge in [0.15, 0.2) is 11.8 Å². The molecule has 0 aliphatic carbocycles. The minimum absolute atomic E-state index is 0.130. The average molecular weight is 383 g/mol. The number of carbonyl (C=O) groups is 1. The van der Waals surface area contributed by atoms with Crippen molar-refractivity contribution in [3.05, 3.63) is 70.3 Å². The molecule has 1 atom stereocenters. The maximum atomic E-state index is 12.6. The smallest absolute Gasteiger partial charge is 0.291 e. The van der Waals surface area contributed by atoms with Crippen LogP contribution in [0.15, 0.2) is 47.2 Å². The van der Waals surface area contributed by atoms with E-state index in [-0.39, 0.29) is 11.9 Å². The van der Waals surface area contributed by atoms with Crippen LogP contribution in [0.1, 0.15) is 51.1 Å². The second-order valence-electron chi connectivity index (χ2n) is 7.01. The second-order valence-corrected chi connectivity index (χ2v) is 8.24. The topological polar surface area (TPSA) is 59.6 Å². The van der Waals surface area contributed by atoms with E-state index in [1.807, 2.05) is 18.3 Å². The number of anilines is 1. The van der Waals surface area contributed by atoms with Gasteiger partial charge in [-0.15, -0.1) is 11.3 Å². The lowest BCUT2D eigenvalue weighted by Gasteiger charge is -2.25. The number of pyridine rings is 1. The van der Waals surface area contributed by atoms with E-state index in [0.29, 0.717) is 5.76 Å². The summed E-state index contributed by atoms with van der Waals surface area (Å²) in [6.45, 7) is 6.51. The number of hydrogen-bond acceptors (Lipinski definition) is 4. The number of aromatic nitrogens is 1. The van der Waals surface area contributed by atoms with E-state index >= 15 is 0 Å². The number of nitrogens with one attached hydrogen (secondary N) is 2. The summed E-state index contributed by atoms with van der Waals surface area (Å²) in [5.74, 6) is 0.117. The van der Waals surface area contributed by atoms with Crippen LogP contribution in [0.4, 0.5) is 5.00 Å². The van der Waals surface area contributed by atoms with Crippen LogP contribution >= 0.6 is 11.3 Å². The molecule has 4 rings (SSSR count). The molecule has 140 valence electrons. The van der Waals surface area contributed by atoms with Gasteiger partial charge in [0.1, 0.15) is 10.7 Å². The Hall–Kier alpha value is -2.44. The number of hydrogen-bond donors (Lipinski definition) is 2. The minimum Gasteiger partial charge on any atom is -0.459 e. The molecule has 4 heterocycles. The Labute approximate surface area is 163 Å². The first-order valence-corrected chi connectivity index (χ1v) is 10.2. The summed E-state index contributed by atoms with van der Waals surface area (Å²) in [6.07, 6.45) is 5.84. The zero-order chi connectivity index (χ0) is 18.8. The Kier molecular flexibility index (Phi) is 5.09. The summed E-state index contributed by atoms with van der Waals surface area (Å²) in [4.78, 5) is 20.0. The third-order valence-corrected chi connectivity index (χ3v) is 6.47. The van der Waals surface area contributed by atoms with Crippen LogP contribution in [0.5, 0.6) is 0 Å². The number of furan rings is 1. The van der Waals surface area contributed by atoms with E-state index in [1.165, 1.54) is 40.0 Å². The van der Waals surface area contributed by atoms with Crippen LogP contribution in [-0.2, 0) is 0 Å². The van der Waals surface area contributed by atoms with Gasteiger partial charge in [-0.05, 0) is 43.7 Å². The molecule has 1 fully saturated rings. The van der Waals surface area contributed by atoms with E-state index in [1.54, 1.807) is 23.5 Å². The predicted molar refractivity (Wildman–Crippen MR) is 106 cm³/mol. The quantitative estimate of drug-likeness (QED) is 0.711. The lowest BCUT2D eigenvalue weighted by molar-refractivity contribution is -0.913. The molecule has 6 heteroatoms. The van der Waals surface area contributed by atoms with Crippen molar-refractivity contribution in [3.63, 3.8) is 0 Å². The average Bonchev–Trinajstić information content (AvgIpc) is 3.42. The van der Waals surface area contributed by atoms with Crippen LogP contribution in [0, 0.1) is 13.8 Å². The molecular formula is C21H24N3O2S+. The lowest BCUT2D eigenvalue weighted by Crippen LogP contribution is -3.10. The lowest BCUT2D eigenvalue weighted by atomic mass is 9.98. The van der Waals surface area contributed by atoms with Crippen molar-refractivity contribution in [1.82, 2.24) is 4.98 Å². The molecular weight excluding hydrogens is 358 g/mol. The predicted octanol–water partition coefficient (Wildman–Crippen LogP) is 3.37. The van der Waals surface area contributed by atoms with E-state index in [4.69, 9.17) is 4.42 Å². The van der Waals surface area contributed by atoms with E-state index in [2.05, 4.69) is 30.2 Å². The number of likely N-dealkylation sites (tertiary alicyclic amines) is 1. The number of quaternary nitrogens is 1. The van der Waals surface area contributed by atoms with Crippen molar-refractivity contribution < 1.29 is 14.1 Å². The summed E-state index contributed by atoms with van der Waals surface area (Å²) >= 11 is 1.63. The number of rotatable bonds is 5. The van der Waals surface area contributed by atoms with E-state index in [0.717, 1.165) is 23.8 Å². The summed E-state index contributed by atoms with van der Waals surface area (Å²) in [5, 5.41) is 4.00. The zero-order valence-electron chi connectivity index (χ0n) is 15.6. The van der Waals surface area contributed by atoms with Crippen LogP contribution in [0.3, 0.4) is 0 Å². The normalized spacial score (nSPS) is 15.8. The maximum Gasteiger partial charge on any atom is 0.291 e. The molecule has 0 aromatic carbocycles. The van der Waals surface area contributed by atoms with Gasteiger partial charge in [0.25, 0.3) is 5.91 Å². The van der Waals surface area contributed by atoms with Gasteiger partial charge in [0.2, 0.25) is 0 Å². The fourth-order valence-corrected chi connectivity index (χ4v) is 4.98. The SMILES string of the molecule is Cc1sc(NC(=O)c2ccco2)c([C@@H](c2ccccn2)[NH+]2CCCC2)c1C. The highest BCUT2D eigenvalue weighted by molar-refractivity contribution is 7.16. The molecule has 1 aliphatic heterocycles.